The van der Waals surface area contributed by atoms with Gasteiger partial charge in [0.1, 0.15) is 11.6 Å². The summed E-state index contributed by atoms with van der Waals surface area (Å²) in [7, 11) is -5.92. The van der Waals surface area contributed by atoms with Gasteiger partial charge in [0.2, 0.25) is 0 Å². The molecule has 208 valence electrons. The molecule has 0 fully saturated rings. The second kappa shape index (κ2) is 13.6. The van der Waals surface area contributed by atoms with Gasteiger partial charge in [0.15, 0.2) is 18.3 Å². The summed E-state index contributed by atoms with van der Waals surface area (Å²) in [6, 6.07) is 13.3. The van der Waals surface area contributed by atoms with Gasteiger partial charge in [-0.2, -0.15) is 21.6 Å². The van der Waals surface area contributed by atoms with Crippen LogP contribution in [0.25, 0.3) is 21.5 Å². The maximum absolute atomic E-state index is 13.6. The first kappa shape index (κ1) is 34.9. The van der Waals surface area contributed by atoms with Crippen LogP contribution >= 0.6 is 24.0 Å². The van der Waals surface area contributed by atoms with E-state index in [1.807, 2.05) is 13.0 Å². The summed E-state index contributed by atoms with van der Waals surface area (Å²) in [5.41, 5.74) is -4.37. The number of halogens is 6. The number of benzene rings is 4. The number of alkyl halides is 3. The highest BCUT2D eigenvalue weighted by molar-refractivity contribution is 14.0. The zero-order chi connectivity index (χ0) is 26.0. The molecule has 0 aliphatic heterocycles. The molecule has 12 heteroatoms. The summed E-state index contributed by atoms with van der Waals surface area (Å²) >= 11 is 0. The van der Waals surface area contributed by atoms with E-state index in [4.69, 9.17) is 0 Å². The van der Waals surface area contributed by atoms with Crippen LogP contribution in [-0.2, 0) is 10.1 Å². The molecule has 4 rings (SSSR count). The molecular weight excluding hydrogens is 646 g/mol. The lowest BCUT2D eigenvalue weighted by Gasteiger charge is -2.12. The number of fused-ring (bicyclic) bond motifs is 2. The van der Waals surface area contributed by atoms with E-state index in [-0.39, 0.29) is 68.7 Å². The highest BCUT2D eigenvalue weighted by atomic mass is 127. The normalized spacial score (nSPS) is 10.7. The molecule has 4 aromatic rings. The Labute approximate surface area is 235 Å². The summed E-state index contributed by atoms with van der Waals surface area (Å²) in [5, 5.41) is 0.645. The molecule has 0 saturated heterocycles. The minimum Gasteiger partial charge on any atom is -0.375 e. The Bertz CT molecular complexity index is 1560. The number of hydrogen-bond acceptors (Lipinski definition) is 5. The molecule has 5 nitrogen and oxygen atoms in total. The van der Waals surface area contributed by atoms with Gasteiger partial charge in [0.05, 0.1) is 0 Å². The Hall–Kier alpha value is -3.13. The van der Waals surface area contributed by atoms with Crippen LogP contribution in [0.3, 0.4) is 0 Å². The lowest BCUT2D eigenvalue weighted by molar-refractivity contribution is -0.0499. The molecule has 0 aliphatic carbocycles. The third-order valence-corrected chi connectivity index (χ3v) is 5.91. The van der Waals surface area contributed by atoms with Crippen molar-refractivity contribution in [2.75, 3.05) is 0 Å². The number of carbonyl (C=O) groups excluding carboxylic acids is 2. The number of carbonyl (C=O) groups is 2. The maximum Gasteiger partial charge on any atom is 0.534 e. The standard InChI is InChI=1S/C12H6F4O4S.C12H9FO.2CH4.HI.H2/c13-9-5-4-7(6-17)11-8(9)2-1-3-10(11)20-21(18,19)12(14,15)16;1-8-3-2-4-10-11(13)6-5-9(7-14)12(8)10;;;;/h1-6H;2-7H,1H3;2*1H4;2*1H. The summed E-state index contributed by atoms with van der Waals surface area (Å²) in [5.74, 6) is -1.88. The molecule has 0 radical (unpaired) electrons. The predicted octanol–water partition coefficient (Wildman–Crippen LogP) is 8.26. The number of aryl methyl sites for hydroxylation is 1. The fourth-order valence-corrected chi connectivity index (χ4v) is 3.85. The van der Waals surface area contributed by atoms with E-state index in [1.165, 1.54) is 18.2 Å². The van der Waals surface area contributed by atoms with Gasteiger partial charge >= 0.3 is 15.6 Å². The SMILES string of the molecule is C.C.Cc1cccc2c(F)ccc(C=O)c12.I.O=Cc1ccc(F)c2cccc(OS(=O)(=O)C(F)(F)F)c12.[HH]. The smallest absolute Gasteiger partial charge is 0.375 e. The van der Waals surface area contributed by atoms with Gasteiger partial charge in [0.25, 0.3) is 0 Å². The average molecular weight is 672 g/mol. The first-order valence-electron chi connectivity index (χ1n) is 9.71. The fourth-order valence-electron chi connectivity index (χ4n) is 3.38. The largest absolute Gasteiger partial charge is 0.534 e. The van der Waals surface area contributed by atoms with Crippen molar-refractivity contribution in [2.45, 2.75) is 27.3 Å². The molecule has 0 amide bonds. The molecule has 0 unspecified atom stereocenters. The highest BCUT2D eigenvalue weighted by Crippen LogP contribution is 2.34. The van der Waals surface area contributed by atoms with Crippen molar-refractivity contribution >= 4 is 68.2 Å². The van der Waals surface area contributed by atoms with Crippen LogP contribution in [0.1, 0.15) is 42.6 Å². The summed E-state index contributed by atoms with van der Waals surface area (Å²) in [6.45, 7) is 1.87. The van der Waals surface area contributed by atoms with Gasteiger partial charge in [-0.25, -0.2) is 8.78 Å². The zero-order valence-corrected chi connectivity index (χ0v) is 21.3. The van der Waals surface area contributed by atoms with Crippen molar-refractivity contribution in [3.8, 4) is 5.75 Å². The molecule has 0 bridgehead atoms. The van der Waals surface area contributed by atoms with Crippen molar-refractivity contribution in [2.24, 2.45) is 0 Å². The number of hydrogen-bond donors (Lipinski definition) is 0. The summed E-state index contributed by atoms with van der Waals surface area (Å²) in [4.78, 5) is 21.7. The van der Waals surface area contributed by atoms with E-state index in [0.717, 1.165) is 36.1 Å². The van der Waals surface area contributed by atoms with Gasteiger partial charge in [-0.3, -0.25) is 9.59 Å². The lowest BCUT2D eigenvalue weighted by Crippen LogP contribution is -2.28. The van der Waals surface area contributed by atoms with Crippen LogP contribution in [0.5, 0.6) is 5.75 Å². The molecular formula is C26H26F5IO5S. The third kappa shape index (κ3) is 7.04. The van der Waals surface area contributed by atoms with E-state index < -0.39 is 27.2 Å². The molecule has 0 heterocycles. The maximum atomic E-state index is 13.6. The highest BCUT2D eigenvalue weighted by Gasteiger charge is 2.48. The minimum absolute atomic E-state index is 0. The molecule has 0 spiro atoms. The molecule has 0 aliphatic rings. The summed E-state index contributed by atoms with van der Waals surface area (Å²) < 4.78 is 90.0. The Morgan fingerprint density at radius 3 is 1.68 bits per heavy atom. The minimum atomic E-state index is -5.92. The average Bonchev–Trinajstić information content (AvgIpc) is 2.80. The van der Waals surface area contributed by atoms with E-state index in [0.29, 0.717) is 16.3 Å². The molecule has 4 aromatic carbocycles. The van der Waals surface area contributed by atoms with Crippen molar-refractivity contribution < 1.29 is 45.6 Å². The van der Waals surface area contributed by atoms with Crippen molar-refractivity contribution in [3.05, 3.63) is 89.0 Å². The van der Waals surface area contributed by atoms with Gasteiger partial charge in [-0.15, -0.1) is 24.0 Å². The predicted molar refractivity (Wildman–Crippen MR) is 150 cm³/mol. The quantitative estimate of drug-likeness (QED) is 0.0718. The second-order valence-electron chi connectivity index (χ2n) is 7.17. The van der Waals surface area contributed by atoms with Crippen LogP contribution in [0.15, 0.2) is 60.7 Å². The monoisotopic (exact) mass is 672 g/mol. The van der Waals surface area contributed by atoms with Gasteiger partial charge in [-0.1, -0.05) is 45.2 Å². The Morgan fingerprint density at radius 1 is 0.763 bits per heavy atom. The Kier molecular flexibility index (Phi) is 12.5. The molecule has 0 atom stereocenters. The van der Waals surface area contributed by atoms with Crippen molar-refractivity contribution in [3.63, 3.8) is 0 Å². The van der Waals surface area contributed by atoms with Gasteiger partial charge in [-0.05, 0) is 48.2 Å². The Balaban J connectivity index is 0. The van der Waals surface area contributed by atoms with E-state index in [1.54, 1.807) is 12.1 Å². The van der Waals surface area contributed by atoms with Crippen molar-refractivity contribution in [1.29, 1.82) is 0 Å². The van der Waals surface area contributed by atoms with E-state index >= 15 is 0 Å². The second-order valence-corrected chi connectivity index (χ2v) is 8.71. The third-order valence-electron chi connectivity index (χ3n) is 4.95. The Morgan fingerprint density at radius 2 is 1.21 bits per heavy atom. The topological polar surface area (TPSA) is 77.5 Å². The van der Waals surface area contributed by atoms with Gasteiger partial charge < -0.3 is 4.18 Å². The molecule has 0 saturated carbocycles. The first-order valence-corrected chi connectivity index (χ1v) is 11.1. The van der Waals surface area contributed by atoms with E-state index in [2.05, 4.69) is 4.18 Å². The summed E-state index contributed by atoms with van der Waals surface area (Å²) in [6.07, 6.45) is 1.02. The van der Waals surface area contributed by atoms with Crippen molar-refractivity contribution in [1.82, 2.24) is 0 Å². The fraction of sp³-hybridized carbons (Fsp3) is 0.154. The van der Waals surface area contributed by atoms with Crippen LogP contribution in [0, 0.1) is 18.6 Å². The number of rotatable bonds is 4. The van der Waals surface area contributed by atoms with Crippen LogP contribution < -0.4 is 4.18 Å². The van der Waals surface area contributed by atoms with Gasteiger partial charge in [0, 0.05) is 28.7 Å². The molecule has 0 N–H and O–H groups in total. The zero-order valence-electron chi connectivity index (χ0n) is 18.2. The molecule has 0 aromatic heterocycles. The molecule has 38 heavy (non-hydrogen) atoms. The first-order chi connectivity index (χ1) is 16.4. The lowest BCUT2D eigenvalue weighted by atomic mass is 10.0. The van der Waals surface area contributed by atoms with Crippen LogP contribution in [0.2, 0.25) is 0 Å². The van der Waals surface area contributed by atoms with E-state index in [9.17, 15) is 40.0 Å². The van der Waals surface area contributed by atoms with Crippen LogP contribution in [0.4, 0.5) is 22.0 Å². The number of aldehydes is 2. The van der Waals surface area contributed by atoms with Crippen LogP contribution in [-0.4, -0.2) is 26.5 Å².